The first-order chi connectivity index (χ1) is 17.0. The Morgan fingerprint density at radius 2 is 1.51 bits per heavy atom. The maximum Gasteiger partial charge on any atom is 0.340 e. The van der Waals surface area contributed by atoms with Gasteiger partial charge in [0, 0.05) is 18.7 Å². The van der Waals surface area contributed by atoms with Crippen molar-refractivity contribution in [3.8, 4) is 16.9 Å². The number of carbonyl (C=O) groups is 2. The molecule has 0 aromatic heterocycles. The second-order valence-electron chi connectivity index (χ2n) is 8.22. The Morgan fingerprint density at radius 1 is 0.886 bits per heavy atom. The van der Waals surface area contributed by atoms with Crippen LogP contribution >= 0.6 is 0 Å². The molecule has 0 bridgehead atoms. The molecule has 0 aliphatic carbocycles. The van der Waals surface area contributed by atoms with Crippen molar-refractivity contribution in [1.29, 1.82) is 0 Å². The van der Waals surface area contributed by atoms with Gasteiger partial charge >= 0.3 is 11.9 Å². The smallest absolute Gasteiger partial charge is 0.340 e. The number of anilines is 1. The van der Waals surface area contributed by atoms with Crippen molar-refractivity contribution in [2.24, 2.45) is 0 Å². The van der Waals surface area contributed by atoms with Gasteiger partial charge in [-0.2, -0.15) is 0 Å². The third-order valence-electron chi connectivity index (χ3n) is 6.03. The number of nitrogens with zero attached hydrogens (tertiary/aromatic N) is 1. The molecule has 1 saturated heterocycles. The van der Waals surface area contributed by atoms with Crippen molar-refractivity contribution < 1.29 is 28.5 Å². The van der Waals surface area contributed by atoms with Gasteiger partial charge < -0.3 is 23.8 Å². The first-order valence-corrected chi connectivity index (χ1v) is 11.5. The van der Waals surface area contributed by atoms with Gasteiger partial charge in [0.1, 0.15) is 12.4 Å². The Labute approximate surface area is 205 Å². The predicted octanol–water partition coefficient (Wildman–Crippen LogP) is 4.65. The predicted molar refractivity (Wildman–Crippen MR) is 133 cm³/mol. The quantitative estimate of drug-likeness (QED) is 0.461. The molecule has 4 rings (SSSR count). The number of carbonyl (C=O) groups excluding carboxylic acids is 2. The van der Waals surface area contributed by atoms with Gasteiger partial charge in [-0.3, -0.25) is 0 Å². The molecule has 0 radical (unpaired) electrons. The van der Waals surface area contributed by atoms with E-state index in [4.69, 9.17) is 18.9 Å². The van der Waals surface area contributed by atoms with E-state index in [1.807, 2.05) is 67.6 Å². The van der Waals surface area contributed by atoms with Gasteiger partial charge in [-0.1, -0.05) is 42.5 Å². The molecular formula is C28H29NO6. The second kappa shape index (κ2) is 11.1. The summed E-state index contributed by atoms with van der Waals surface area (Å²) >= 11 is 0. The number of morpholine rings is 1. The maximum absolute atomic E-state index is 13.1. The lowest BCUT2D eigenvalue weighted by Gasteiger charge is -2.32. The number of ether oxygens (including phenoxy) is 4. The Morgan fingerprint density at radius 3 is 2.14 bits per heavy atom. The second-order valence-corrected chi connectivity index (χ2v) is 8.22. The van der Waals surface area contributed by atoms with E-state index in [1.54, 1.807) is 0 Å². The fraction of sp³-hybridized carbons (Fsp3) is 0.286. The van der Waals surface area contributed by atoms with Gasteiger partial charge in [-0.25, -0.2) is 9.59 Å². The molecule has 182 valence electrons. The molecule has 0 saturated carbocycles. The fourth-order valence-corrected chi connectivity index (χ4v) is 4.27. The van der Waals surface area contributed by atoms with E-state index in [0.717, 1.165) is 5.56 Å². The van der Waals surface area contributed by atoms with Crippen LogP contribution in [0.15, 0.2) is 60.7 Å². The first kappa shape index (κ1) is 24.3. The van der Waals surface area contributed by atoms with E-state index in [-0.39, 0.29) is 0 Å². The van der Waals surface area contributed by atoms with E-state index in [1.165, 1.54) is 14.2 Å². The molecule has 0 spiro atoms. The summed E-state index contributed by atoms with van der Waals surface area (Å²) in [5.74, 6) is -0.352. The van der Waals surface area contributed by atoms with Crippen molar-refractivity contribution in [3.63, 3.8) is 0 Å². The highest BCUT2D eigenvalue weighted by atomic mass is 16.5. The minimum Gasteiger partial charge on any atom is -0.489 e. The largest absolute Gasteiger partial charge is 0.489 e. The van der Waals surface area contributed by atoms with Crippen molar-refractivity contribution in [2.45, 2.75) is 13.5 Å². The van der Waals surface area contributed by atoms with Gasteiger partial charge in [0.25, 0.3) is 0 Å². The molecule has 35 heavy (non-hydrogen) atoms. The number of hydrogen-bond acceptors (Lipinski definition) is 7. The third kappa shape index (κ3) is 5.30. The molecule has 3 aromatic rings. The summed E-state index contributed by atoms with van der Waals surface area (Å²) in [5, 5.41) is 0. The van der Waals surface area contributed by atoms with E-state index in [0.29, 0.717) is 72.2 Å². The van der Waals surface area contributed by atoms with Crippen LogP contribution in [0.5, 0.6) is 5.75 Å². The highest BCUT2D eigenvalue weighted by Crippen LogP contribution is 2.39. The van der Waals surface area contributed by atoms with Crippen LogP contribution in [0.1, 0.15) is 31.8 Å². The van der Waals surface area contributed by atoms with Crippen LogP contribution in [0.4, 0.5) is 5.69 Å². The number of methoxy groups -OCH3 is 2. The van der Waals surface area contributed by atoms with Crippen LogP contribution in [-0.4, -0.2) is 52.5 Å². The molecule has 1 heterocycles. The molecule has 7 nitrogen and oxygen atoms in total. The number of rotatable bonds is 7. The monoisotopic (exact) mass is 475 g/mol. The normalized spacial score (nSPS) is 13.3. The van der Waals surface area contributed by atoms with Gasteiger partial charge in [-0.05, 0) is 41.8 Å². The zero-order valence-electron chi connectivity index (χ0n) is 20.2. The number of aryl methyl sites for hydroxylation is 1. The maximum atomic E-state index is 13.1. The first-order valence-electron chi connectivity index (χ1n) is 11.5. The zero-order chi connectivity index (χ0) is 24.8. The molecule has 0 amide bonds. The summed E-state index contributed by atoms with van der Waals surface area (Å²) in [6.45, 7) is 4.66. The fourth-order valence-electron chi connectivity index (χ4n) is 4.27. The van der Waals surface area contributed by atoms with E-state index >= 15 is 0 Å². The summed E-state index contributed by atoms with van der Waals surface area (Å²) in [6, 6.07) is 19.1. The molecule has 0 unspecified atom stereocenters. The minimum absolute atomic E-state index is 0.332. The van der Waals surface area contributed by atoms with Crippen LogP contribution in [0.3, 0.4) is 0 Å². The zero-order valence-corrected chi connectivity index (χ0v) is 20.2. The Bertz CT molecular complexity index is 1180. The lowest BCUT2D eigenvalue weighted by molar-refractivity contribution is 0.0600. The SMILES string of the molecule is COC(=O)c1c(C)cc(N2CCOCC2)c(C(=O)OC)c1-c1ccc(OCc2ccccc2)cc1. The number of benzene rings is 3. The summed E-state index contributed by atoms with van der Waals surface area (Å²) in [4.78, 5) is 28.1. The van der Waals surface area contributed by atoms with Crippen molar-refractivity contribution in [1.82, 2.24) is 0 Å². The topological polar surface area (TPSA) is 74.3 Å². The lowest BCUT2D eigenvalue weighted by atomic mass is 9.89. The standard InChI is InChI=1S/C28H29NO6/c1-19-17-23(29-13-15-34-16-14-29)26(28(31)33-3)25(24(19)27(30)32-2)21-9-11-22(12-10-21)35-18-20-7-5-4-6-8-20/h4-12,17H,13-16,18H2,1-3H3. The van der Waals surface area contributed by atoms with Crippen LogP contribution < -0.4 is 9.64 Å². The Balaban J connectivity index is 1.79. The number of hydrogen-bond donors (Lipinski definition) is 0. The highest BCUT2D eigenvalue weighted by Gasteiger charge is 2.30. The molecule has 0 N–H and O–H groups in total. The summed E-state index contributed by atoms with van der Waals surface area (Å²) in [6.07, 6.45) is 0. The third-order valence-corrected chi connectivity index (χ3v) is 6.03. The van der Waals surface area contributed by atoms with Crippen LogP contribution in [0.2, 0.25) is 0 Å². The summed E-state index contributed by atoms with van der Waals surface area (Å²) in [5.41, 5.74) is 4.33. The van der Waals surface area contributed by atoms with Crippen LogP contribution in [-0.2, 0) is 20.8 Å². The molecule has 0 atom stereocenters. The minimum atomic E-state index is -0.518. The molecule has 7 heteroatoms. The van der Waals surface area contributed by atoms with Gasteiger partial charge in [0.15, 0.2) is 0 Å². The highest BCUT2D eigenvalue weighted by molar-refractivity contribution is 6.10. The van der Waals surface area contributed by atoms with Crippen molar-refractivity contribution in [2.75, 3.05) is 45.4 Å². The molecular weight excluding hydrogens is 446 g/mol. The number of esters is 2. The van der Waals surface area contributed by atoms with E-state index < -0.39 is 11.9 Å². The Hall–Kier alpha value is -3.84. The summed E-state index contributed by atoms with van der Waals surface area (Å²) < 4.78 is 21.7. The van der Waals surface area contributed by atoms with Crippen LogP contribution in [0.25, 0.3) is 11.1 Å². The van der Waals surface area contributed by atoms with Gasteiger partial charge in [0.2, 0.25) is 0 Å². The summed E-state index contributed by atoms with van der Waals surface area (Å²) in [7, 11) is 2.67. The van der Waals surface area contributed by atoms with Crippen molar-refractivity contribution in [3.05, 3.63) is 82.9 Å². The average molecular weight is 476 g/mol. The van der Waals surface area contributed by atoms with Gasteiger partial charge in [0.05, 0.1) is 44.2 Å². The molecule has 3 aromatic carbocycles. The average Bonchev–Trinajstić information content (AvgIpc) is 2.91. The lowest BCUT2D eigenvalue weighted by Crippen LogP contribution is -2.37. The van der Waals surface area contributed by atoms with Crippen molar-refractivity contribution >= 4 is 17.6 Å². The van der Waals surface area contributed by atoms with Gasteiger partial charge in [-0.15, -0.1) is 0 Å². The molecule has 1 fully saturated rings. The molecule has 1 aliphatic rings. The Kier molecular flexibility index (Phi) is 7.67. The van der Waals surface area contributed by atoms with E-state index in [9.17, 15) is 9.59 Å². The van der Waals surface area contributed by atoms with Crippen LogP contribution in [0, 0.1) is 6.92 Å². The van der Waals surface area contributed by atoms with E-state index in [2.05, 4.69) is 4.90 Å². The molecule has 1 aliphatic heterocycles.